The van der Waals surface area contributed by atoms with Gasteiger partial charge < -0.3 is 19.7 Å². The topological polar surface area (TPSA) is 90.9 Å². The minimum absolute atomic E-state index is 0.00892. The van der Waals surface area contributed by atoms with E-state index in [0.29, 0.717) is 11.1 Å². The van der Waals surface area contributed by atoms with Crippen LogP contribution in [-0.4, -0.2) is 15.3 Å². The Labute approximate surface area is 119 Å². The SMILES string of the molecule is Cc1ccc(-c2coc3cc(O)cc(O)c3c2=O)cc1O. The summed E-state index contributed by atoms with van der Waals surface area (Å²) in [6, 6.07) is 7.17. The first kappa shape index (κ1) is 13.1. The van der Waals surface area contributed by atoms with Gasteiger partial charge in [0.2, 0.25) is 5.43 Å². The molecule has 3 rings (SSSR count). The highest BCUT2D eigenvalue weighted by atomic mass is 16.3. The lowest BCUT2D eigenvalue weighted by atomic mass is 10.0. The summed E-state index contributed by atoms with van der Waals surface area (Å²) >= 11 is 0. The summed E-state index contributed by atoms with van der Waals surface area (Å²) in [5.74, 6) is -0.470. The molecule has 21 heavy (non-hydrogen) atoms. The normalized spacial score (nSPS) is 10.9. The number of rotatable bonds is 1. The van der Waals surface area contributed by atoms with Crippen molar-refractivity contribution in [2.24, 2.45) is 0 Å². The van der Waals surface area contributed by atoms with Crippen LogP contribution in [0.4, 0.5) is 0 Å². The van der Waals surface area contributed by atoms with Gasteiger partial charge in [-0.1, -0.05) is 12.1 Å². The zero-order chi connectivity index (χ0) is 15.1. The molecule has 3 aromatic rings. The molecule has 0 spiro atoms. The third kappa shape index (κ3) is 2.08. The quantitative estimate of drug-likeness (QED) is 0.639. The van der Waals surface area contributed by atoms with Crippen molar-refractivity contribution >= 4 is 11.0 Å². The van der Waals surface area contributed by atoms with Gasteiger partial charge in [0.25, 0.3) is 0 Å². The molecule has 5 nitrogen and oxygen atoms in total. The van der Waals surface area contributed by atoms with Gasteiger partial charge in [-0.15, -0.1) is 0 Å². The summed E-state index contributed by atoms with van der Waals surface area (Å²) in [5.41, 5.74) is 1.06. The van der Waals surface area contributed by atoms with Crippen molar-refractivity contribution in [3.05, 3.63) is 52.4 Å². The molecule has 0 bridgehead atoms. The highest BCUT2D eigenvalue weighted by Gasteiger charge is 2.14. The molecule has 0 saturated carbocycles. The lowest BCUT2D eigenvalue weighted by molar-refractivity contribution is 0.452. The monoisotopic (exact) mass is 284 g/mol. The van der Waals surface area contributed by atoms with Crippen molar-refractivity contribution in [1.82, 2.24) is 0 Å². The average molecular weight is 284 g/mol. The predicted molar refractivity (Wildman–Crippen MR) is 77.7 cm³/mol. The second-order valence-corrected chi connectivity index (χ2v) is 4.82. The first-order chi connectivity index (χ1) is 9.97. The summed E-state index contributed by atoms with van der Waals surface area (Å²) in [5, 5.41) is 29.0. The predicted octanol–water partition coefficient (Wildman–Crippen LogP) is 2.89. The van der Waals surface area contributed by atoms with Crippen molar-refractivity contribution in [1.29, 1.82) is 0 Å². The van der Waals surface area contributed by atoms with E-state index in [1.54, 1.807) is 19.1 Å². The van der Waals surface area contributed by atoms with Crippen LogP contribution in [0.3, 0.4) is 0 Å². The van der Waals surface area contributed by atoms with Crippen LogP contribution in [0.15, 0.2) is 45.8 Å². The first-order valence-corrected chi connectivity index (χ1v) is 6.25. The van der Waals surface area contributed by atoms with E-state index in [-0.39, 0.29) is 33.8 Å². The Balaban J connectivity index is 2.32. The number of phenols is 3. The van der Waals surface area contributed by atoms with Gasteiger partial charge in [-0.25, -0.2) is 0 Å². The van der Waals surface area contributed by atoms with Gasteiger partial charge in [0, 0.05) is 12.1 Å². The summed E-state index contributed by atoms with van der Waals surface area (Å²) in [7, 11) is 0. The number of phenolic OH excluding ortho intramolecular Hbond substituents is 3. The van der Waals surface area contributed by atoms with Crippen molar-refractivity contribution < 1.29 is 19.7 Å². The van der Waals surface area contributed by atoms with Gasteiger partial charge in [0.05, 0.1) is 5.56 Å². The maximum absolute atomic E-state index is 12.5. The number of hydrogen-bond donors (Lipinski definition) is 3. The number of aryl methyl sites for hydroxylation is 1. The lowest BCUT2D eigenvalue weighted by Crippen LogP contribution is -2.05. The first-order valence-electron chi connectivity index (χ1n) is 6.25. The Hall–Kier alpha value is -2.95. The number of fused-ring (bicyclic) bond motifs is 1. The molecule has 0 aliphatic heterocycles. The number of benzene rings is 2. The molecule has 0 aliphatic rings. The van der Waals surface area contributed by atoms with Gasteiger partial charge in [0.15, 0.2) is 0 Å². The van der Waals surface area contributed by atoms with E-state index in [2.05, 4.69) is 0 Å². The molecule has 3 N–H and O–H groups in total. The van der Waals surface area contributed by atoms with E-state index in [9.17, 15) is 20.1 Å². The minimum atomic E-state index is -0.433. The van der Waals surface area contributed by atoms with E-state index in [4.69, 9.17) is 4.42 Å². The van der Waals surface area contributed by atoms with Gasteiger partial charge in [-0.2, -0.15) is 0 Å². The standard InChI is InChI=1S/C16H12O5/c1-8-2-3-9(4-12(8)18)11-7-21-14-6-10(17)5-13(19)15(14)16(11)20/h2-7,17-19H,1H3. The zero-order valence-corrected chi connectivity index (χ0v) is 11.1. The Morgan fingerprint density at radius 2 is 1.76 bits per heavy atom. The third-order valence-electron chi connectivity index (χ3n) is 3.36. The second kappa shape index (κ2) is 4.56. The fourth-order valence-electron chi connectivity index (χ4n) is 2.19. The molecule has 0 amide bonds. The van der Waals surface area contributed by atoms with E-state index in [0.717, 1.165) is 6.07 Å². The molecule has 106 valence electrons. The maximum Gasteiger partial charge on any atom is 0.204 e. The molecule has 2 aromatic carbocycles. The fraction of sp³-hybridized carbons (Fsp3) is 0.0625. The molecule has 1 heterocycles. The second-order valence-electron chi connectivity index (χ2n) is 4.82. The van der Waals surface area contributed by atoms with Crippen LogP contribution >= 0.6 is 0 Å². The van der Waals surface area contributed by atoms with Crippen LogP contribution in [-0.2, 0) is 0 Å². The van der Waals surface area contributed by atoms with Crippen molar-refractivity contribution in [2.75, 3.05) is 0 Å². The van der Waals surface area contributed by atoms with Crippen molar-refractivity contribution in [3.8, 4) is 28.4 Å². The van der Waals surface area contributed by atoms with E-state index >= 15 is 0 Å². The van der Waals surface area contributed by atoms with Crippen LogP contribution in [0, 0.1) is 6.92 Å². The van der Waals surface area contributed by atoms with Crippen LogP contribution in [0.1, 0.15) is 5.56 Å². The van der Waals surface area contributed by atoms with Crippen LogP contribution in [0.5, 0.6) is 17.2 Å². The van der Waals surface area contributed by atoms with E-state index in [1.807, 2.05) is 0 Å². The van der Waals surface area contributed by atoms with Gasteiger partial charge in [-0.3, -0.25) is 4.79 Å². The highest BCUT2D eigenvalue weighted by Crippen LogP contribution is 2.30. The Morgan fingerprint density at radius 1 is 1.00 bits per heavy atom. The number of aromatic hydroxyl groups is 3. The van der Waals surface area contributed by atoms with Crippen molar-refractivity contribution in [2.45, 2.75) is 6.92 Å². The molecular formula is C16H12O5. The molecule has 0 unspecified atom stereocenters. The fourth-order valence-corrected chi connectivity index (χ4v) is 2.19. The van der Waals surface area contributed by atoms with Crippen LogP contribution < -0.4 is 5.43 Å². The molecule has 0 radical (unpaired) electrons. The average Bonchev–Trinajstić information content (AvgIpc) is 2.41. The number of hydrogen-bond acceptors (Lipinski definition) is 5. The van der Waals surface area contributed by atoms with Gasteiger partial charge >= 0.3 is 0 Å². The molecule has 0 atom stereocenters. The Morgan fingerprint density at radius 3 is 2.48 bits per heavy atom. The van der Waals surface area contributed by atoms with E-state index < -0.39 is 5.43 Å². The molecule has 5 heteroatoms. The Bertz CT molecular complexity index is 908. The molecule has 0 saturated heterocycles. The molecule has 0 aliphatic carbocycles. The smallest absolute Gasteiger partial charge is 0.204 e. The summed E-state index contributed by atoms with van der Waals surface area (Å²) < 4.78 is 5.31. The zero-order valence-electron chi connectivity index (χ0n) is 11.1. The summed E-state index contributed by atoms with van der Waals surface area (Å²) in [6.07, 6.45) is 1.24. The molecular weight excluding hydrogens is 272 g/mol. The minimum Gasteiger partial charge on any atom is -0.508 e. The van der Waals surface area contributed by atoms with Gasteiger partial charge in [0.1, 0.15) is 34.5 Å². The van der Waals surface area contributed by atoms with E-state index in [1.165, 1.54) is 18.4 Å². The molecule has 0 fully saturated rings. The molecule has 1 aromatic heterocycles. The summed E-state index contributed by atoms with van der Waals surface area (Å²) in [6.45, 7) is 1.75. The Kier molecular flexibility index (Phi) is 2.83. The van der Waals surface area contributed by atoms with Crippen LogP contribution in [0.25, 0.3) is 22.1 Å². The van der Waals surface area contributed by atoms with Crippen molar-refractivity contribution in [3.63, 3.8) is 0 Å². The highest BCUT2D eigenvalue weighted by molar-refractivity contribution is 5.88. The van der Waals surface area contributed by atoms with Gasteiger partial charge in [-0.05, 0) is 24.1 Å². The third-order valence-corrected chi connectivity index (χ3v) is 3.36. The van der Waals surface area contributed by atoms with Crippen LogP contribution in [0.2, 0.25) is 0 Å². The summed E-state index contributed by atoms with van der Waals surface area (Å²) in [4.78, 5) is 12.5. The lowest BCUT2D eigenvalue weighted by Gasteiger charge is -2.06. The largest absolute Gasteiger partial charge is 0.508 e. The maximum atomic E-state index is 12.5.